The van der Waals surface area contributed by atoms with E-state index in [1.54, 1.807) is 0 Å². The van der Waals surface area contributed by atoms with E-state index in [1.165, 1.54) is 44.2 Å². The normalized spacial score (nSPS) is 17.4. The predicted octanol–water partition coefficient (Wildman–Crippen LogP) is 6.67. The van der Waals surface area contributed by atoms with Gasteiger partial charge in [-0.2, -0.15) is 0 Å². The summed E-state index contributed by atoms with van der Waals surface area (Å²) in [5.74, 6) is 0.858. The fourth-order valence-corrected chi connectivity index (χ4v) is 4.95. The molecule has 1 aliphatic heterocycles. The maximum atomic E-state index is 6.04. The van der Waals surface area contributed by atoms with Crippen LogP contribution in [-0.2, 0) is 20.6 Å². The molecule has 36 heavy (non-hydrogen) atoms. The summed E-state index contributed by atoms with van der Waals surface area (Å²) in [6.07, 6.45) is 1.30. The molecule has 4 aromatic rings. The molecule has 184 valence electrons. The molecule has 0 spiro atoms. The first-order chi connectivity index (χ1) is 17.6. The lowest BCUT2D eigenvalue weighted by Gasteiger charge is -2.18. The van der Waals surface area contributed by atoms with Crippen molar-refractivity contribution >= 4 is 10.8 Å². The molecular weight excluding hydrogens is 448 g/mol. The van der Waals surface area contributed by atoms with Crippen LogP contribution in [0, 0.1) is 0 Å². The quantitative estimate of drug-likeness (QED) is 0.209. The Hall–Kier alpha value is -3.18. The summed E-state index contributed by atoms with van der Waals surface area (Å²) in [6.45, 7) is 6.56. The van der Waals surface area contributed by atoms with Gasteiger partial charge in [-0.3, -0.25) is 0 Å². The van der Waals surface area contributed by atoms with Crippen LogP contribution < -0.4 is 4.74 Å². The van der Waals surface area contributed by atoms with Gasteiger partial charge in [0.1, 0.15) is 18.5 Å². The van der Waals surface area contributed by atoms with Gasteiger partial charge in [-0.05, 0) is 82.6 Å². The summed E-state index contributed by atoms with van der Waals surface area (Å²) in [5, 5.41) is 2.38. The Morgan fingerprint density at radius 2 is 1.53 bits per heavy atom. The fourth-order valence-electron chi connectivity index (χ4n) is 4.95. The van der Waals surface area contributed by atoms with Crippen LogP contribution >= 0.6 is 0 Å². The summed E-state index contributed by atoms with van der Waals surface area (Å²) < 4.78 is 22.8. The molecule has 2 aliphatic rings. The molecule has 4 aromatic carbocycles. The Balaban J connectivity index is 1.11. The van der Waals surface area contributed by atoms with E-state index in [2.05, 4.69) is 72.8 Å². The largest absolute Gasteiger partial charge is 0.491 e. The van der Waals surface area contributed by atoms with Crippen LogP contribution in [0.3, 0.4) is 0 Å². The molecule has 4 nitrogen and oxygen atoms in total. The minimum atomic E-state index is -0.0180. The van der Waals surface area contributed by atoms with Crippen LogP contribution in [0.25, 0.3) is 33.0 Å². The zero-order valence-corrected chi connectivity index (χ0v) is 20.9. The molecule has 1 aliphatic carbocycles. The summed E-state index contributed by atoms with van der Waals surface area (Å²) in [7, 11) is 0. The van der Waals surface area contributed by atoms with Crippen LogP contribution in [-0.4, -0.2) is 44.7 Å². The van der Waals surface area contributed by atoms with Gasteiger partial charge in [-0.1, -0.05) is 60.7 Å². The molecular formula is C32H32O4. The van der Waals surface area contributed by atoms with Crippen molar-refractivity contribution in [3.8, 4) is 28.0 Å². The molecule has 4 heteroatoms. The van der Waals surface area contributed by atoms with Crippen molar-refractivity contribution in [1.82, 2.24) is 0 Å². The minimum absolute atomic E-state index is 0.0180. The third kappa shape index (κ3) is 5.03. The zero-order valence-electron chi connectivity index (χ0n) is 20.9. The second-order valence-corrected chi connectivity index (χ2v) is 9.94. The highest BCUT2D eigenvalue weighted by molar-refractivity contribution is 5.91. The molecule has 1 heterocycles. The van der Waals surface area contributed by atoms with Gasteiger partial charge in [-0.15, -0.1) is 0 Å². The topological polar surface area (TPSA) is 40.2 Å². The number of hydrogen-bond donors (Lipinski definition) is 0. The third-order valence-corrected chi connectivity index (χ3v) is 7.04. The minimum Gasteiger partial charge on any atom is -0.491 e. The highest BCUT2D eigenvalue weighted by Crippen LogP contribution is 2.42. The highest BCUT2D eigenvalue weighted by Gasteiger charge is 2.23. The smallest absolute Gasteiger partial charge is 0.120 e. The molecule has 3 atom stereocenters. The predicted molar refractivity (Wildman–Crippen MR) is 144 cm³/mol. The Labute approximate surface area is 212 Å². The van der Waals surface area contributed by atoms with E-state index < -0.39 is 0 Å². The summed E-state index contributed by atoms with van der Waals surface area (Å²) >= 11 is 0. The molecule has 1 fully saturated rings. The molecule has 0 radical (unpaired) electrons. The second-order valence-electron chi connectivity index (χ2n) is 9.94. The number of ether oxygens (including phenoxy) is 4. The van der Waals surface area contributed by atoms with E-state index in [-0.39, 0.29) is 18.3 Å². The van der Waals surface area contributed by atoms with Gasteiger partial charge in [0, 0.05) is 0 Å². The summed E-state index contributed by atoms with van der Waals surface area (Å²) in [5.41, 5.74) is 8.14. The van der Waals surface area contributed by atoms with Gasteiger partial charge in [0.2, 0.25) is 0 Å². The van der Waals surface area contributed by atoms with Crippen molar-refractivity contribution in [3.63, 3.8) is 0 Å². The van der Waals surface area contributed by atoms with Crippen LogP contribution in [0.5, 0.6) is 5.75 Å². The van der Waals surface area contributed by atoms with Crippen LogP contribution in [0.2, 0.25) is 0 Å². The van der Waals surface area contributed by atoms with E-state index in [4.69, 9.17) is 18.9 Å². The first-order valence-electron chi connectivity index (χ1n) is 12.9. The number of hydrogen-bond acceptors (Lipinski definition) is 4. The van der Waals surface area contributed by atoms with E-state index in [0.717, 1.165) is 18.8 Å². The van der Waals surface area contributed by atoms with E-state index in [9.17, 15) is 0 Å². The van der Waals surface area contributed by atoms with Crippen LogP contribution in [0.15, 0.2) is 78.9 Å². The second kappa shape index (κ2) is 10.1. The molecule has 3 unspecified atom stereocenters. The van der Waals surface area contributed by atoms with Crippen molar-refractivity contribution in [2.45, 2.75) is 38.6 Å². The van der Waals surface area contributed by atoms with Gasteiger partial charge in [0.05, 0.1) is 32.0 Å². The molecule has 1 saturated heterocycles. The highest BCUT2D eigenvalue weighted by atomic mass is 16.6. The van der Waals surface area contributed by atoms with Crippen molar-refractivity contribution in [3.05, 3.63) is 90.0 Å². The van der Waals surface area contributed by atoms with Crippen molar-refractivity contribution in [2.24, 2.45) is 0 Å². The Kier molecular flexibility index (Phi) is 6.49. The number of epoxide rings is 1. The van der Waals surface area contributed by atoms with E-state index in [1.807, 2.05) is 19.9 Å². The van der Waals surface area contributed by atoms with Crippen LogP contribution in [0.4, 0.5) is 0 Å². The Morgan fingerprint density at radius 1 is 0.778 bits per heavy atom. The maximum absolute atomic E-state index is 6.04. The molecule has 0 amide bonds. The first kappa shape index (κ1) is 23.2. The van der Waals surface area contributed by atoms with Gasteiger partial charge in [0.25, 0.3) is 0 Å². The third-order valence-electron chi connectivity index (χ3n) is 7.04. The lowest BCUT2D eigenvalue weighted by atomic mass is 9.94. The number of fused-ring (bicyclic) bond motifs is 4. The number of rotatable bonds is 10. The van der Waals surface area contributed by atoms with E-state index >= 15 is 0 Å². The van der Waals surface area contributed by atoms with Gasteiger partial charge >= 0.3 is 0 Å². The average Bonchev–Trinajstić information content (AvgIpc) is 3.67. The van der Waals surface area contributed by atoms with Gasteiger partial charge < -0.3 is 18.9 Å². The SMILES string of the molecule is CC(COc1ccc2cc(-c3cccc4c3Cc3ccccc3-4)ccc2c1)OCC(C)OCC1CO1. The molecule has 0 bridgehead atoms. The fraction of sp³-hybridized carbons (Fsp3) is 0.312. The Bertz CT molecular complexity index is 1370. The first-order valence-corrected chi connectivity index (χ1v) is 12.9. The zero-order chi connectivity index (χ0) is 24.5. The maximum Gasteiger partial charge on any atom is 0.120 e. The van der Waals surface area contributed by atoms with Crippen molar-refractivity contribution in [2.75, 3.05) is 26.4 Å². The van der Waals surface area contributed by atoms with E-state index in [0.29, 0.717) is 19.8 Å². The Morgan fingerprint density at radius 3 is 2.42 bits per heavy atom. The monoisotopic (exact) mass is 480 g/mol. The van der Waals surface area contributed by atoms with Crippen molar-refractivity contribution in [1.29, 1.82) is 0 Å². The van der Waals surface area contributed by atoms with Crippen LogP contribution in [0.1, 0.15) is 25.0 Å². The van der Waals surface area contributed by atoms with Gasteiger partial charge in [-0.25, -0.2) is 0 Å². The summed E-state index contributed by atoms with van der Waals surface area (Å²) in [6, 6.07) is 28.4. The van der Waals surface area contributed by atoms with Crippen molar-refractivity contribution < 1.29 is 18.9 Å². The lowest BCUT2D eigenvalue weighted by molar-refractivity contribution is -0.0451. The standard InChI is InChI=1S/C32H32O4/c1-21(34-19-28-20-36-28)17-33-22(2)18-35-27-13-12-23-14-26(11-10-24(23)15-27)30-8-5-9-31-29-7-4-3-6-25(29)16-32(30)31/h3-15,21-22,28H,16-20H2,1-2H3. The summed E-state index contributed by atoms with van der Waals surface area (Å²) in [4.78, 5) is 0. The average molecular weight is 481 g/mol. The molecule has 0 saturated carbocycles. The van der Waals surface area contributed by atoms with Gasteiger partial charge in [0.15, 0.2) is 0 Å². The molecule has 6 rings (SSSR count). The lowest BCUT2D eigenvalue weighted by Crippen LogP contribution is -2.25. The number of benzene rings is 4. The molecule has 0 N–H and O–H groups in total. The molecule has 0 aromatic heterocycles.